The summed E-state index contributed by atoms with van der Waals surface area (Å²) in [6, 6.07) is 6.55. The van der Waals surface area contributed by atoms with Gasteiger partial charge in [-0.25, -0.2) is 8.78 Å². The van der Waals surface area contributed by atoms with Crippen molar-refractivity contribution in [2.75, 3.05) is 18.9 Å². The minimum absolute atomic E-state index is 0.0969. The first-order valence-electron chi connectivity index (χ1n) is 5.73. The third-order valence-electron chi connectivity index (χ3n) is 2.35. The van der Waals surface area contributed by atoms with Crippen molar-refractivity contribution in [1.82, 2.24) is 5.32 Å². The quantitative estimate of drug-likeness (QED) is 0.597. The lowest BCUT2D eigenvalue weighted by Crippen LogP contribution is -2.41. The number of benzene rings is 1. The van der Waals surface area contributed by atoms with Crippen LogP contribution in [0.15, 0.2) is 24.3 Å². The molecule has 0 bridgehead atoms. The third-order valence-corrected chi connectivity index (χ3v) is 2.35. The molecule has 8 heteroatoms. The molecule has 3 N–H and O–H groups in total. The van der Waals surface area contributed by atoms with Crippen LogP contribution in [0.2, 0.25) is 0 Å². The number of hydrogen-bond donors (Lipinski definition) is 2. The topological polar surface area (TPSA) is 64.3 Å². The van der Waals surface area contributed by atoms with Gasteiger partial charge in [0, 0.05) is 0 Å². The van der Waals surface area contributed by atoms with Crippen molar-refractivity contribution in [2.24, 2.45) is 0 Å². The fourth-order valence-corrected chi connectivity index (χ4v) is 1.25. The predicted molar refractivity (Wildman–Crippen MR) is 64.9 cm³/mol. The van der Waals surface area contributed by atoms with Gasteiger partial charge in [0.2, 0.25) is 5.91 Å². The van der Waals surface area contributed by atoms with Crippen LogP contribution in [0.3, 0.4) is 0 Å². The number of hydrogen-bond acceptors (Lipinski definition) is 3. The van der Waals surface area contributed by atoms with Gasteiger partial charge in [0.05, 0.1) is 25.3 Å². The molecule has 0 atom stereocenters. The summed E-state index contributed by atoms with van der Waals surface area (Å²) in [5.74, 6) is -4.68. The van der Waals surface area contributed by atoms with Gasteiger partial charge in [-0.1, -0.05) is 12.1 Å². The Labute approximate surface area is 112 Å². The maximum absolute atomic E-state index is 12.5. The highest BCUT2D eigenvalue weighted by atomic mass is 19.3. The molecule has 0 fully saturated rings. The van der Waals surface area contributed by atoms with Gasteiger partial charge in [0.15, 0.2) is 0 Å². The molecule has 0 heterocycles. The van der Waals surface area contributed by atoms with E-state index >= 15 is 0 Å². The van der Waals surface area contributed by atoms with Gasteiger partial charge < -0.3 is 15.8 Å². The first-order valence-corrected chi connectivity index (χ1v) is 5.73. The number of anilines is 1. The van der Waals surface area contributed by atoms with Gasteiger partial charge in [-0.05, 0) is 12.1 Å². The van der Waals surface area contributed by atoms with Crippen molar-refractivity contribution in [3.8, 4) is 5.75 Å². The molecule has 0 aromatic heterocycles. The molecule has 0 saturated heterocycles. The number of halogens is 4. The van der Waals surface area contributed by atoms with Crippen LogP contribution in [-0.4, -0.2) is 31.4 Å². The fourth-order valence-electron chi connectivity index (χ4n) is 1.25. The number of nitrogens with two attached hydrogens (primary N) is 1. The number of amides is 1. The van der Waals surface area contributed by atoms with E-state index in [0.717, 1.165) is 0 Å². The lowest BCUT2D eigenvalue weighted by molar-refractivity contribution is -0.136. The summed E-state index contributed by atoms with van der Waals surface area (Å²) in [6.45, 7) is -1.50. The van der Waals surface area contributed by atoms with Crippen LogP contribution in [0, 0.1) is 0 Å². The maximum Gasteiger partial charge on any atom is 0.324 e. The van der Waals surface area contributed by atoms with Crippen molar-refractivity contribution in [3.05, 3.63) is 24.3 Å². The molecule has 0 aliphatic carbocycles. The number of carbonyl (C=O) groups is 1. The maximum atomic E-state index is 12.5. The molecule has 0 radical (unpaired) electrons. The highest BCUT2D eigenvalue weighted by Gasteiger charge is 2.40. The van der Waals surface area contributed by atoms with Crippen LogP contribution >= 0.6 is 0 Å². The van der Waals surface area contributed by atoms with E-state index < -0.39 is 24.8 Å². The minimum atomic E-state index is -4.24. The Hall–Kier alpha value is -1.99. The highest BCUT2D eigenvalue weighted by Crippen LogP contribution is 2.21. The zero-order valence-corrected chi connectivity index (χ0v) is 10.4. The molecule has 1 aromatic rings. The van der Waals surface area contributed by atoms with E-state index in [-0.39, 0.29) is 13.0 Å². The van der Waals surface area contributed by atoms with Crippen LogP contribution in [0.5, 0.6) is 5.75 Å². The van der Waals surface area contributed by atoms with Gasteiger partial charge in [-0.3, -0.25) is 4.79 Å². The summed E-state index contributed by atoms with van der Waals surface area (Å²) in [5.41, 5.74) is 5.95. The van der Waals surface area contributed by atoms with Crippen LogP contribution in [0.4, 0.5) is 23.2 Å². The van der Waals surface area contributed by atoms with E-state index in [1.54, 1.807) is 29.6 Å². The number of carbonyl (C=O) groups excluding carboxylic acids is 1. The average Bonchev–Trinajstić information content (AvgIpc) is 2.38. The van der Waals surface area contributed by atoms with E-state index in [0.29, 0.717) is 11.4 Å². The summed E-state index contributed by atoms with van der Waals surface area (Å²) >= 11 is 0. The molecule has 20 heavy (non-hydrogen) atoms. The fraction of sp³-hybridized carbons (Fsp3) is 0.417. The van der Waals surface area contributed by atoms with Crippen LogP contribution in [-0.2, 0) is 4.79 Å². The number of ether oxygens (including phenoxy) is 1. The molecule has 4 nitrogen and oxygen atoms in total. The summed E-state index contributed by atoms with van der Waals surface area (Å²) in [5, 5.41) is 1.72. The Morgan fingerprint density at radius 3 is 2.60 bits per heavy atom. The smallest absolute Gasteiger partial charge is 0.324 e. The Morgan fingerprint density at radius 1 is 1.35 bits per heavy atom. The second-order valence-electron chi connectivity index (χ2n) is 3.97. The molecule has 0 aliphatic heterocycles. The van der Waals surface area contributed by atoms with Crippen LogP contribution < -0.4 is 15.8 Å². The Kier molecular flexibility index (Phi) is 5.60. The van der Waals surface area contributed by atoms with Gasteiger partial charge in [0.1, 0.15) is 5.75 Å². The van der Waals surface area contributed by atoms with Gasteiger partial charge in [0.25, 0.3) is 0 Å². The van der Waals surface area contributed by atoms with E-state index in [4.69, 9.17) is 10.5 Å². The molecule has 112 valence electrons. The second-order valence-corrected chi connectivity index (χ2v) is 3.97. The molecule has 1 rings (SSSR count). The zero-order valence-electron chi connectivity index (χ0n) is 10.4. The molecule has 1 amide bonds. The predicted octanol–water partition coefficient (Wildman–Crippen LogP) is 2.05. The van der Waals surface area contributed by atoms with Crippen LogP contribution in [0.1, 0.15) is 6.42 Å². The summed E-state index contributed by atoms with van der Waals surface area (Å²) in [4.78, 5) is 11.2. The number of alkyl halides is 4. The first-order chi connectivity index (χ1) is 9.33. The van der Waals surface area contributed by atoms with Gasteiger partial charge in [-0.15, -0.1) is 0 Å². The van der Waals surface area contributed by atoms with Gasteiger partial charge in [-0.2, -0.15) is 8.78 Å². The summed E-state index contributed by atoms with van der Waals surface area (Å²) < 4.78 is 53.9. The Morgan fingerprint density at radius 2 is 2.00 bits per heavy atom. The second kappa shape index (κ2) is 6.97. The summed E-state index contributed by atoms with van der Waals surface area (Å²) in [6.07, 6.45) is -4.06. The largest absolute Gasteiger partial charge is 0.491 e. The number of nitrogen functional groups attached to an aromatic ring is 1. The Bertz CT molecular complexity index is 455. The van der Waals surface area contributed by atoms with Crippen molar-refractivity contribution >= 4 is 11.6 Å². The van der Waals surface area contributed by atoms with E-state index in [1.165, 1.54) is 0 Å². The molecule has 0 saturated carbocycles. The van der Waals surface area contributed by atoms with E-state index in [2.05, 4.69) is 0 Å². The van der Waals surface area contributed by atoms with Crippen LogP contribution in [0.25, 0.3) is 0 Å². The average molecular weight is 294 g/mol. The summed E-state index contributed by atoms with van der Waals surface area (Å²) in [7, 11) is 0. The minimum Gasteiger partial charge on any atom is -0.491 e. The number of nitrogens with one attached hydrogen (secondary N) is 1. The van der Waals surface area contributed by atoms with Crippen molar-refractivity contribution < 1.29 is 27.1 Å². The Balaban J connectivity index is 2.29. The number of rotatable bonds is 7. The monoisotopic (exact) mass is 294 g/mol. The van der Waals surface area contributed by atoms with Crippen molar-refractivity contribution in [2.45, 2.75) is 18.8 Å². The standard InChI is InChI=1S/C12H14F4N2O2/c13-11(14)12(15,16)7-18-10(19)5-6-20-9-4-2-1-3-8(9)17/h1-4,11H,5-7,17H2,(H,18,19). The SMILES string of the molecule is Nc1ccccc1OCCC(=O)NCC(F)(F)C(F)F. The highest BCUT2D eigenvalue weighted by molar-refractivity contribution is 5.76. The number of para-hydroxylation sites is 2. The lowest BCUT2D eigenvalue weighted by Gasteiger charge is -2.15. The molecular weight excluding hydrogens is 280 g/mol. The molecule has 1 aromatic carbocycles. The molecular formula is C12H14F4N2O2. The molecule has 0 spiro atoms. The zero-order chi connectivity index (χ0) is 15.2. The van der Waals surface area contributed by atoms with Crippen molar-refractivity contribution in [3.63, 3.8) is 0 Å². The van der Waals surface area contributed by atoms with E-state index in [1.807, 2.05) is 0 Å². The molecule has 0 unspecified atom stereocenters. The third kappa shape index (κ3) is 4.94. The first kappa shape index (κ1) is 16.1. The van der Waals surface area contributed by atoms with Gasteiger partial charge >= 0.3 is 12.3 Å². The lowest BCUT2D eigenvalue weighted by atomic mass is 10.3. The normalized spacial score (nSPS) is 11.4. The van der Waals surface area contributed by atoms with Crippen molar-refractivity contribution in [1.29, 1.82) is 0 Å². The molecule has 0 aliphatic rings. The van der Waals surface area contributed by atoms with E-state index in [9.17, 15) is 22.4 Å².